The van der Waals surface area contributed by atoms with Gasteiger partial charge in [-0.15, -0.1) is 0 Å². The molecule has 0 atom stereocenters. The van der Waals surface area contributed by atoms with E-state index in [1.165, 1.54) is 16.4 Å². The van der Waals surface area contributed by atoms with Crippen LogP contribution in [0.5, 0.6) is 0 Å². The van der Waals surface area contributed by atoms with E-state index in [0.717, 1.165) is 12.1 Å². The van der Waals surface area contributed by atoms with Crippen LogP contribution in [0.25, 0.3) is 0 Å². The third-order valence-electron chi connectivity index (χ3n) is 4.27. The van der Waals surface area contributed by atoms with Gasteiger partial charge in [0.15, 0.2) is 0 Å². The van der Waals surface area contributed by atoms with Gasteiger partial charge in [0.25, 0.3) is 0 Å². The highest BCUT2D eigenvalue weighted by Crippen LogP contribution is 2.24. The Labute approximate surface area is 158 Å². The number of benzene rings is 1. The lowest BCUT2D eigenvalue weighted by atomic mass is 9.97. The summed E-state index contributed by atoms with van der Waals surface area (Å²) in [6.45, 7) is 4.13. The van der Waals surface area contributed by atoms with Crippen LogP contribution in [0.15, 0.2) is 29.2 Å². The second-order valence-electron chi connectivity index (χ2n) is 6.71. The number of ether oxygens (including phenoxy) is 1. The van der Waals surface area contributed by atoms with E-state index < -0.39 is 15.8 Å². The lowest BCUT2D eigenvalue weighted by molar-refractivity contribution is -0.147. The summed E-state index contributed by atoms with van der Waals surface area (Å²) in [7, 11) is -3.69. The minimum absolute atomic E-state index is 0.0375. The molecule has 0 saturated carbocycles. The van der Waals surface area contributed by atoms with Crippen LogP contribution in [0, 0.1) is 11.7 Å². The Morgan fingerprint density at radius 1 is 1.22 bits per heavy atom. The summed E-state index contributed by atoms with van der Waals surface area (Å²) in [5, 5.41) is 2.70. The summed E-state index contributed by atoms with van der Waals surface area (Å²) in [4.78, 5) is 23.7. The van der Waals surface area contributed by atoms with Crippen LogP contribution in [0.1, 0.15) is 33.1 Å². The maximum Gasteiger partial charge on any atom is 0.307 e. The molecule has 0 aliphatic carbocycles. The third kappa shape index (κ3) is 6.00. The molecule has 0 spiro atoms. The first-order valence-electron chi connectivity index (χ1n) is 8.93. The monoisotopic (exact) mass is 400 g/mol. The summed E-state index contributed by atoms with van der Waals surface area (Å²) in [5.41, 5.74) is 0. The minimum atomic E-state index is -3.69. The quantitative estimate of drug-likeness (QED) is 0.703. The molecule has 1 fully saturated rings. The first-order valence-corrected chi connectivity index (χ1v) is 10.4. The van der Waals surface area contributed by atoms with Crippen molar-refractivity contribution in [2.75, 3.05) is 19.6 Å². The molecule has 1 aromatic rings. The number of nitrogens with zero attached hydrogens (tertiary/aromatic N) is 1. The van der Waals surface area contributed by atoms with Gasteiger partial charge in [-0.1, -0.05) is 0 Å². The Kier molecular flexibility index (Phi) is 7.32. The molecule has 27 heavy (non-hydrogen) atoms. The van der Waals surface area contributed by atoms with Gasteiger partial charge < -0.3 is 10.1 Å². The molecule has 0 unspecified atom stereocenters. The molecule has 0 aromatic heterocycles. The molecule has 150 valence electrons. The Morgan fingerprint density at radius 2 is 1.81 bits per heavy atom. The summed E-state index contributed by atoms with van der Waals surface area (Å²) in [6.07, 6.45) is 0.688. The predicted octanol–water partition coefficient (Wildman–Crippen LogP) is 1.68. The molecule has 0 bridgehead atoms. The maximum atomic E-state index is 13.0. The molecule has 1 aromatic carbocycles. The fourth-order valence-corrected chi connectivity index (χ4v) is 4.34. The van der Waals surface area contributed by atoms with Crippen molar-refractivity contribution in [3.05, 3.63) is 30.1 Å². The van der Waals surface area contributed by atoms with Crippen molar-refractivity contribution < 1.29 is 27.1 Å². The van der Waals surface area contributed by atoms with Crippen LogP contribution in [-0.4, -0.2) is 50.3 Å². The molecule has 7 nitrogen and oxygen atoms in total. The smallest absolute Gasteiger partial charge is 0.307 e. The van der Waals surface area contributed by atoms with E-state index in [0.29, 0.717) is 12.8 Å². The van der Waals surface area contributed by atoms with Gasteiger partial charge in [-0.2, -0.15) is 4.31 Å². The SMILES string of the molecule is CC(C)OC(=O)CCNC(=O)C1CCN(S(=O)(=O)c2ccc(F)cc2)CC1. The van der Waals surface area contributed by atoms with E-state index >= 15 is 0 Å². The van der Waals surface area contributed by atoms with E-state index in [4.69, 9.17) is 4.74 Å². The van der Waals surface area contributed by atoms with E-state index in [2.05, 4.69) is 5.32 Å². The summed E-state index contributed by atoms with van der Waals surface area (Å²) in [5.74, 6) is -1.36. The predicted molar refractivity (Wildman–Crippen MR) is 96.7 cm³/mol. The minimum Gasteiger partial charge on any atom is -0.463 e. The number of esters is 1. The van der Waals surface area contributed by atoms with Gasteiger partial charge in [-0.05, 0) is 51.0 Å². The largest absolute Gasteiger partial charge is 0.463 e. The number of nitrogens with one attached hydrogen (secondary N) is 1. The van der Waals surface area contributed by atoms with Gasteiger partial charge in [0, 0.05) is 25.6 Å². The number of piperidine rings is 1. The lowest BCUT2D eigenvalue weighted by Gasteiger charge is -2.30. The molecule has 2 rings (SSSR count). The molecular formula is C18H25FN2O5S. The van der Waals surface area contributed by atoms with Crippen LogP contribution >= 0.6 is 0 Å². The maximum absolute atomic E-state index is 13.0. The molecule has 1 N–H and O–H groups in total. The number of rotatable bonds is 7. The Balaban J connectivity index is 1.81. The Bertz CT molecular complexity index is 756. The first kappa shape index (κ1) is 21.3. The van der Waals surface area contributed by atoms with Crippen LogP contribution in [0.2, 0.25) is 0 Å². The van der Waals surface area contributed by atoms with Crippen molar-refractivity contribution in [1.29, 1.82) is 0 Å². The normalized spacial score (nSPS) is 16.3. The highest BCUT2D eigenvalue weighted by atomic mass is 32.2. The lowest BCUT2D eigenvalue weighted by Crippen LogP contribution is -2.43. The zero-order valence-corrected chi connectivity index (χ0v) is 16.3. The number of amides is 1. The third-order valence-corrected chi connectivity index (χ3v) is 6.18. The van der Waals surface area contributed by atoms with Gasteiger partial charge in [0.2, 0.25) is 15.9 Å². The second-order valence-corrected chi connectivity index (χ2v) is 8.65. The van der Waals surface area contributed by atoms with E-state index in [9.17, 15) is 22.4 Å². The van der Waals surface area contributed by atoms with Crippen molar-refractivity contribution in [3.8, 4) is 0 Å². The number of sulfonamides is 1. The molecular weight excluding hydrogens is 375 g/mol. The Morgan fingerprint density at radius 3 is 2.37 bits per heavy atom. The van der Waals surface area contributed by atoms with Gasteiger partial charge in [0.05, 0.1) is 17.4 Å². The number of halogens is 1. The van der Waals surface area contributed by atoms with E-state index in [1.54, 1.807) is 13.8 Å². The van der Waals surface area contributed by atoms with E-state index in [-0.39, 0.29) is 54.8 Å². The molecule has 9 heteroatoms. The van der Waals surface area contributed by atoms with Gasteiger partial charge >= 0.3 is 5.97 Å². The molecule has 1 aliphatic rings. The average molecular weight is 400 g/mol. The fraction of sp³-hybridized carbons (Fsp3) is 0.556. The first-order chi connectivity index (χ1) is 12.7. The molecule has 1 aliphatic heterocycles. The zero-order valence-electron chi connectivity index (χ0n) is 15.5. The zero-order chi connectivity index (χ0) is 20.0. The van der Waals surface area contributed by atoms with E-state index in [1.807, 2.05) is 0 Å². The Hall–Kier alpha value is -2.00. The molecule has 1 saturated heterocycles. The van der Waals surface area contributed by atoms with Crippen molar-refractivity contribution in [2.45, 2.75) is 44.1 Å². The number of carbonyl (C=O) groups is 2. The number of hydrogen-bond donors (Lipinski definition) is 1. The highest BCUT2D eigenvalue weighted by Gasteiger charge is 2.32. The number of hydrogen-bond acceptors (Lipinski definition) is 5. The van der Waals surface area contributed by atoms with Crippen molar-refractivity contribution in [2.24, 2.45) is 5.92 Å². The standard InChI is InChI=1S/C18H25FN2O5S/c1-13(2)26-17(22)7-10-20-18(23)14-8-11-21(12-9-14)27(24,25)16-5-3-15(19)4-6-16/h3-6,13-14H,7-12H2,1-2H3,(H,20,23). The molecule has 1 amide bonds. The highest BCUT2D eigenvalue weighted by molar-refractivity contribution is 7.89. The average Bonchev–Trinajstić information content (AvgIpc) is 2.61. The summed E-state index contributed by atoms with van der Waals surface area (Å²) in [6, 6.07) is 4.69. The second kappa shape index (κ2) is 9.27. The van der Waals surface area contributed by atoms with Crippen LogP contribution in [-0.2, 0) is 24.3 Å². The van der Waals surface area contributed by atoms with Crippen molar-refractivity contribution in [3.63, 3.8) is 0 Å². The number of carbonyl (C=O) groups excluding carboxylic acids is 2. The topological polar surface area (TPSA) is 92.8 Å². The van der Waals surface area contributed by atoms with Gasteiger partial charge in [-0.3, -0.25) is 9.59 Å². The van der Waals surface area contributed by atoms with Gasteiger partial charge in [-0.25, -0.2) is 12.8 Å². The van der Waals surface area contributed by atoms with Gasteiger partial charge in [0.1, 0.15) is 5.82 Å². The molecule has 0 radical (unpaired) electrons. The van der Waals surface area contributed by atoms with Crippen LogP contribution < -0.4 is 5.32 Å². The van der Waals surface area contributed by atoms with Crippen molar-refractivity contribution in [1.82, 2.24) is 9.62 Å². The van der Waals surface area contributed by atoms with Crippen LogP contribution in [0.3, 0.4) is 0 Å². The molecule has 1 heterocycles. The van der Waals surface area contributed by atoms with Crippen LogP contribution in [0.4, 0.5) is 4.39 Å². The fourth-order valence-electron chi connectivity index (χ4n) is 2.87. The van der Waals surface area contributed by atoms with Crippen molar-refractivity contribution >= 4 is 21.9 Å². The summed E-state index contributed by atoms with van der Waals surface area (Å²) < 4.78 is 44.4. The summed E-state index contributed by atoms with van der Waals surface area (Å²) >= 11 is 0.